The lowest BCUT2D eigenvalue weighted by molar-refractivity contribution is 0.310. The van der Waals surface area contributed by atoms with Crippen molar-refractivity contribution in [1.82, 2.24) is 4.98 Å². The van der Waals surface area contributed by atoms with Gasteiger partial charge in [0.15, 0.2) is 0 Å². The summed E-state index contributed by atoms with van der Waals surface area (Å²) in [6, 6.07) is 15.7. The van der Waals surface area contributed by atoms with Gasteiger partial charge in [-0.1, -0.05) is 35.9 Å². The van der Waals surface area contributed by atoms with Crippen LogP contribution >= 0.6 is 11.6 Å². The summed E-state index contributed by atoms with van der Waals surface area (Å²) in [5, 5.41) is 1.82. The standard InChI is InChI=1S/C15H12ClNO/c16-13-5-2-1-4-11(13)10-18-15-7-3-6-14-12(15)8-9-17-14/h1-9,17H,10H2. The first kappa shape index (κ1) is 11.2. The third-order valence-electron chi connectivity index (χ3n) is 2.90. The van der Waals surface area contributed by atoms with E-state index < -0.39 is 0 Å². The second-order valence-corrected chi connectivity index (χ2v) is 4.48. The third-order valence-corrected chi connectivity index (χ3v) is 3.26. The van der Waals surface area contributed by atoms with Gasteiger partial charge in [-0.3, -0.25) is 0 Å². The maximum Gasteiger partial charge on any atom is 0.129 e. The number of hydrogen-bond acceptors (Lipinski definition) is 1. The van der Waals surface area contributed by atoms with Crippen LogP contribution in [0.3, 0.4) is 0 Å². The Hall–Kier alpha value is -1.93. The number of benzene rings is 2. The highest BCUT2D eigenvalue weighted by Crippen LogP contribution is 2.26. The quantitative estimate of drug-likeness (QED) is 0.739. The lowest BCUT2D eigenvalue weighted by Crippen LogP contribution is -1.96. The lowest BCUT2D eigenvalue weighted by Gasteiger charge is -2.08. The first-order chi connectivity index (χ1) is 8.84. The van der Waals surface area contributed by atoms with Crippen molar-refractivity contribution < 1.29 is 4.74 Å². The fourth-order valence-electron chi connectivity index (χ4n) is 1.95. The molecule has 0 radical (unpaired) electrons. The summed E-state index contributed by atoms with van der Waals surface area (Å²) in [7, 11) is 0. The summed E-state index contributed by atoms with van der Waals surface area (Å²) in [6.45, 7) is 0.476. The average molecular weight is 258 g/mol. The van der Waals surface area contributed by atoms with Crippen molar-refractivity contribution in [2.45, 2.75) is 6.61 Å². The van der Waals surface area contributed by atoms with Gasteiger partial charge in [-0.25, -0.2) is 0 Å². The van der Waals surface area contributed by atoms with Crippen molar-refractivity contribution in [3.8, 4) is 5.75 Å². The van der Waals surface area contributed by atoms with Crippen LogP contribution in [0.4, 0.5) is 0 Å². The molecule has 0 atom stereocenters. The summed E-state index contributed by atoms with van der Waals surface area (Å²) in [4.78, 5) is 3.16. The molecule has 2 nitrogen and oxygen atoms in total. The minimum absolute atomic E-state index is 0.476. The van der Waals surface area contributed by atoms with Gasteiger partial charge in [0.1, 0.15) is 12.4 Å². The van der Waals surface area contributed by atoms with E-state index in [1.807, 2.05) is 54.7 Å². The van der Waals surface area contributed by atoms with E-state index in [0.717, 1.165) is 27.2 Å². The molecule has 1 heterocycles. The number of H-pyrrole nitrogens is 1. The highest BCUT2D eigenvalue weighted by atomic mass is 35.5. The highest BCUT2D eigenvalue weighted by molar-refractivity contribution is 6.31. The number of halogens is 1. The van der Waals surface area contributed by atoms with Crippen molar-refractivity contribution in [3.05, 3.63) is 65.3 Å². The van der Waals surface area contributed by atoms with Gasteiger partial charge in [-0.05, 0) is 24.3 Å². The Morgan fingerprint density at radius 1 is 1.00 bits per heavy atom. The molecule has 18 heavy (non-hydrogen) atoms. The molecule has 0 amide bonds. The van der Waals surface area contributed by atoms with Crippen molar-refractivity contribution in [3.63, 3.8) is 0 Å². The van der Waals surface area contributed by atoms with Crippen LogP contribution in [0.1, 0.15) is 5.56 Å². The number of aromatic amines is 1. The van der Waals surface area contributed by atoms with Crippen molar-refractivity contribution in [2.75, 3.05) is 0 Å². The number of nitrogens with one attached hydrogen (secondary N) is 1. The van der Waals surface area contributed by atoms with E-state index in [2.05, 4.69) is 4.98 Å². The van der Waals surface area contributed by atoms with E-state index in [0.29, 0.717) is 6.61 Å². The molecule has 0 aliphatic carbocycles. The van der Waals surface area contributed by atoms with Gasteiger partial charge in [-0.2, -0.15) is 0 Å². The van der Waals surface area contributed by atoms with Crippen LogP contribution in [-0.2, 0) is 6.61 Å². The Balaban J connectivity index is 1.85. The van der Waals surface area contributed by atoms with Gasteiger partial charge in [0.2, 0.25) is 0 Å². The van der Waals surface area contributed by atoms with Crippen LogP contribution in [-0.4, -0.2) is 4.98 Å². The summed E-state index contributed by atoms with van der Waals surface area (Å²) in [5.74, 6) is 0.869. The number of ether oxygens (including phenoxy) is 1. The molecule has 0 bridgehead atoms. The SMILES string of the molecule is Clc1ccccc1COc1cccc2[nH]ccc12. The van der Waals surface area contributed by atoms with E-state index in [-0.39, 0.29) is 0 Å². The second kappa shape index (κ2) is 4.75. The lowest BCUT2D eigenvalue weighted by atomic mass is 10.2. The predicted molar refractivity (Wildman–Crippen MR) is 74.1 cm³/mol. The van der Waals surface area contributed by atoms with Crippen LogP contribution in [0.25, 0.3) is 10.9 Å². The van der Waals surface area contributed by atoms with Gasteiger partial charge >= 0.3 is 0 Å². The molecule has 3 rings (SSSR count). The third kappa shape index (κ3) is 2.07. The van der Waals surface area contributed by atoms with Crippen molar-refractivity contribution in [2.24, 2.45) is 0 Å². The molecule has 0 unspecified atom stereocenters. The molecule has 0 saturated heterocycles. The molecule has 1 aromatic heterocycles. The monoisotopic (exact) mass is 257 g/mol. The minimum atomic E-state index is 0.476. The molecule has 0 aliphatic heterocycles. The van der Waals surface area contributed by atoms with E-state index in [1.54, 1.807) is 0 Å². The molecule has 2 aromatic carbocycles. The predicted octanol–water partition coefficient (Wildman–Crippen LogP) is 4.40. The Labute approximate surface area is 110 Å². The fourth-order valence-corrected chi connectivity index (χ4v) is 2.14. The van der Waals surface area contributed by atoms with E-state index >= 15 is 0 Å². The molecular weight excluding hydrogens is 246 g/mol. The smallest absolute Gasteiger partial charge is 0.129 e. The molecular formula is C15H12ClNO. The van der Waals surface area contributed by atoms with Crippen LogP contribution in [0, 0.1) is 0 Å². The molecule has 0 fully saturated rings. The zero-order valence-electron chi connectivity index (χ0n) is 9.69. The Morgan fingerprint density at radius 2 is 1.89 bits per heavy atom. The normalized spacial score (nSPS) is 10.7. The van der Waals surface area contributed by atoms with Gasteiger partial charge in [-0.15, -0.1) is 0 Å². The van der Waals surface area contributed by atoms with E-state index in [1.165, 1.54) is 0 Å². The van der Waals surface area contributed by atoms with Crippen molar-refractivity contribution in [1.29, 1.82) is 0 Å². The van der Waals surface area contributed by atoms with Gasteiger partial charge in [0.05, 0.1) is 0 Å². The number of hydrogen-bond donors (Lipinski definition) is 1. The Morgan fingerprint density at radius 3 is 2.78 bits per heavy atom. The Kier molecular flexibility index (Phi) is 2.95. The first-order valence-corrected chi connectivity index (χ1v) is 6.15. The topological polar surface area (TPSA) is 25.0 Å². The van der Waals surface area contributed by atoms with Crippen molar-refractivity contribution >= 4 is 22.5 Å². The molecule has 0 aliphatic rings. The van der Waals surface area contributed by atoms with Gasteiger partial charge < -0.3 is 9.72 Å². The maximum absolute atomic E-state index is 6.10. The van der Waals surface area contributed by atoms with Crippen LogP contribution < -0.4 is 4.74 Å². The van der Waals surface area contributed by atoms with Gasteiger partial charge in [0.25, 0.3) is 0 Å². The molecule has 0 saturated carbocycles. The van der Waals surface area contributed by atoms with Gasteiger partial charge in [0, 0.05) is 27.7 Å². The van der Waals surface area contributed by atoms with E-state index in [4.69, 9.17) is 16.3 Å². The van der Waals surface area contributed by atoms with Crippen LogP contribution in [0.15, 0.2) is 54.7 Å². The largest absolute Gasteiger partial charge is 0.488 e. The molecule has 0 spiro atoms. The summed E-state index contributed by atoms with van der Waals surface area (Å²) in [5.41, 5.74) is 2.07. The molecule has 90 valence electrons. The zero-order chi connectivity index (χ0) is 12.4. The summed E-state index contributed by atoms with van der Waals surface area (Å²) >= 11 is 6.10. The average Bonchev–Trinajstić information content (AvgIpc) is 2.86. The second-order valence-electron chi connectivity index (χ2n) is 4.08. The number of rotatable bonds is 3. The fraction of sp³-hybridized carbons (Fsp3) is 0.0667. The first-order valence-electron chi connectivity index (χ1n) is 5.77. The Bertz CT molecular complexity index is 675. The zero-order valence-corrected chi connectivity index (χ0v) is 10.4. The van der Waals surface area contributed by atoms with Crippen LogP contribution in [0.5, 0.6) is 5.75 Å². The molecule has 3 heteroatoms. The minimum Gasteiger partial charge on any atom is -0.488 e. The number of fused-ring (bicyclic) bond motifs is 1. The van der Waals surface area contributed by atoms with Crippen LogP contribution in [0.2, 0.25) is 5.02 Å². The highest BCUT2D eigenvalue weighted by Gasteiger charge is 2.04. The van der Waals surface area contributed by atoms with E-state index in [9.17, 15) is 0 Å². The molecule has 1 N–H and O–H groups in total. The summed E-state index contributed by atoms with van der Waals surface area (Å²) in [6.07, 6.45) is 1.91. The number of aromatic nitrogens is 1. The summed E-state index contributed by atoms with van der Waals surface area (Å²) < 4.78 is 5.84. The molecule has 3 aromatic rings. The maximum atomic E-state index is 6.10.